The molecular weight excluding hydrogens is 280 g/mol. The molecule has 2 aliphatic heterocycles. The van der Waals surface area contributed by atoms with Crippen LogP contribution in [0, 0.1) is 22.7 Å². The predicted molar refractivity (Wildman–Crippen MR) is 80.3 cm³/mol. The fraction of sp³-hybridized carbons (Fsp3) is 0.778. The van der Waals surface area contributed by atoms with Gasteiger partial charge in [-0.2, -0.15) is 0 Å². The Morgan fingerprint density at radius 2 is 2.18 bits per heavy atom. The number of aliphatic carboxylic acids is 1. The van der Waals surface area contributed by atoms with E-state index in [9.17, 15) is 9.59 Å². The van der Waals surface area contributed by atoms with Gasteiger partial charge in [-0.25, -0.2) is 0 Å². The topological polar surface area (TPSA) is 63.6 Å². The Hall–Kier alpha value is -1.16. The van der Waals surface area contributed by atoms with E-state index in [1.54, 1.807) is 6.08 Å². The molecule has 5 rings (SSSR count). The first kappa shape index (κ1) is 14.4. The number of carbonyl (C=O) groups excluding carboxylic acids is 1. The van der Waals surface area contributed by atoms with Crippen LogP contribution in [-0.4, -0.2) is 28.6 Å². The lowest BCUT2D eigenvalue weighted by molar-refractivity contribution is -0.279. The van der Waals surface area contributed by atoms with E-state index in [0.29, 0.717) is 12.3 Å². The number of carbonyl (C=O) groups is 2. The summed E-state index contributed by atoms with van der Waals surface area (Å²) >= 11 is 0. The van der Waals surface area contributed by atoms with Gasteiger partial charge in [0.15, 0.2) is 5.78 Å². The van der Waals surface area contributed by atoms with Gasteiger partial charge in [-0.05, 0) is 56.4 Å². The Morgan fingerprint density at radius 3 is 2.86 bits per heavy atom. The van der Waals surface area contributed by atoms with Crippen molar-refractivity contribution in [1.82, 2.24) is 0 Å². The minimum atomic E-state index is -0.825. The van der Waals surface area contributed by atoms with Crippen molar-refractivity contribution in [3.63, 3.8) is 0 Å². The van der Waals surface area contributed by atoms with Crippen LogP contribution in [0.1, 0.15) is 52.4 Å². The number of ketones is 1. The van der Waals surface area contributed by atoms with Gasteiger partial charge in [-0.15, -0.1) is 0 Å². The lowest BCUT2D eigenvalue weighted by Crippen LogP contribution is -2.67. The van der Waals surface area contributed by atoms with Crippen molar-refractivity contribution in [1.29, 1.82) is 0 Å². The molecular formula is C18H24O4. The van der Waals surface area contributed by atoms with Crippen LogP contribution in [0.2, 0.25) is 0 Å². The molecule has 5 aliphatic rings. The monoisotopic (exact) mass is 304 g/mol. The van der Waals surface area contributed by atoms with Crippen molar-refractivity contribution in [2.24, 2.45) is 22.7 Å². The molecule has 0 aromatic heterocycles. The molecule has 0 aromatic carbocycles. The van der Waals surface area contributed by atoms with E-state index in [4.69, 9.17) is 9.84 Å². The highest BCUT2D eigenvalue weighted by molar-refractivity contribution is 5.96. The number of carboxylic acids is 1. The van der Waals surface area contributed by atoms with Crippen molar-refractivity contribution < 1.29 is 19.4 Å². The Balaban J connectivity index is 1.76. The normalized spacial score (nSPS) is 51.9. The molecule has 22 heavy (non-hydrogen) atoms. The second-order valence-corrected chi connectivity index (χ2v) is 8.51. The van der Waals surface area contributed by atoms with Crippen molar-refractivity contribution in [2.75, 3.05) is 0 Å². The van der Waals surface area contributed by atoms with Crippen molar-refractivity contribution in [3.05, 3.63) is 12.2 Å². The number of rotatable bonds is 3. The summed E-state index contributed by atoms with van der Waals surface area (Å²) in [6.07, 6.45) is 8.76. The average Bonchev–Trinajstić information content (AvgIpc) is 2.39. The number of hydrogen-bond donors (Lipinski definition) is 1. The molecule has 2 heterocycles. The molecule has 2 saturated heterocycles. The third-order valence-corrected chi connectivity index (χ3v) is 6.76. The smallest absolute Gasteiger partial charge is 0.303 e. The van der Waals surface area contributed by atoms with Gasteiger partial charge in [0.05, 0.1) is 11.7 Å². The van der Waals surface area contributed by atoms with Gasteiger partial charge in [0.2, 0.25) is 0 Å². The van der Waals surface area contributed by atoms with Gasteiger partial charge in [-0.1, -0.05) is 13.0 Å². The quantitative estimate of drug-likeness (QED) is 0.870. The lowest BCUT2D eigenvalue weighted by Gasteiger charge is -2.68. The standard InChI is InChI=1S/C18H24O4/c1-16-8-11-7-12(22-16)15-17(2,5-4-14(20)21)13(19)3-6-18(15,9-11)10-16/h3,6,11-12,15H,4-5,7-10H2,1-2H3,(H,20,21)/t11-,12-,15-,16-,17+,18-/m0/s1. The van der Waals surface area contributed by atoms with E-state index < -0.39 is 11.4 Å². The van der Waals surface area contributed by atoms with Crippen LogP contribution in [0.4, 0.5) is 0 Å². The van der Waals surface area contributed by atoms with Crippen LogP contribution in [0.25, 0.3) is 0 Å². The van der Waals surface area contributed by atoms with Crippen LogP contribution in [-0.2, 0) is 14.3 Å². The van der Waals surface area contributed by atoms with Crippen LogP contribution in [0.3, 0.4) is 0 Å². The molecule has 2 saturated carbocycles. The molecule has 0 unspecified atom stereocenters. The SMILES string of the molecule is C[C@@]12C[C@@H]3C[C@H](O1)[C@@H]1[C@@](C=CC(=O)[C@@]1(C)CCC(=O)O)(C3)C2. The van der Waals surface area contributed by atoms with Crippen molar-refractivity contribution >= 4 is 11.8 Å². The Kier molecular flexibility index (Phi) is 2.77. The summed E-state index contributed by atoms with van der Waals surface area (Å²) in [5.74, 6) is 0.0942. The molecule has 4 nitrogen and oxygen atoms in total. The first-order valence-electron chi connectivity index (χ1n) is 8.40. The van der Waals surface area contributed by atoms with E-state index in [1.165, 1.54) is 0 Å². The molecule has 4 fully saturated rings. The predicted octanol–water partition coefficient (Wildman–Crippen LogP) is 2.96. The van der Waals surface area contributed by atoms with Crippen molar-refractivity contribution in [3.8, 4) is 0 Å². The number of carboxylic acid groups (broad SMARTS) is 1. The summed E-state index contributed by atoms with van der Waals surface area (Å²) < 4.78 is 6.39. The largest absolute Gasteiger partial charge is 0.481 e. The summed E-state index contributed by atoms with van der Waals surface area (Å²) in [4.78, 5) is 23.7. The molecule has 6 atom stereocenters. The highest BCUT2D eigenvalue weighted by Crippen LogP contribution is 2.68. The fourth-order valence-corrected chi connectivity index (χ4v) is 6.38. The van der Waals surface area contributed by atoms with Gasteiger partial charge in [0.1, 0.15) is 0 Å². The third kappa shape index (κ3) is 1.79. The first-order chi connectivity index (χ1) is 10.3. The second-order valence-electron chi connectivity index (χ2n) is 8.51. The second kappa shape index (κ2) is 4.22. The third-order valence-electron chi connectivity index (χ3n) is 6.76. The van der Waals surface area contributed by atoms with Gasteiger partial charge in [-0.3, -0.25) is 9.59 Å². The van der Waals surface area contributed by atoms with Gasteiger partial charge in [0.25, 0.3) is 0 Å². The lowest BCUT2D eigenvalue weighted by atomic mass is 9.42. The maximum absolute atomic E-state index is 12.6. The van der Waals surface area contributed by atoms with Crippen LogP contribution in [0.15, 0.2) is 12.2 Å². The van der Waals surface area contributed by atoms with Gasteiger partial charge >= 0.3 is 5.97 Å². The van der Waals surface area contributed by atoms with Gasteiger partial charge in [0, 0.05) is 17.8 Å². The summed E-state index contributed by atoms with van der Waals surface area (Å²) in [7, 11) is 0. The molecule has 0 aromatic rings. The Morgan fingerprint density at radius 1 is 1.41 bits per heavy atom. The minimum absolute atomic E-state index is 0.0417. The average molecular weight is 304 g/mol. The van der Waals surface area contributed by atoms with E-state index in [2.05, 4.69) is 13.0 Å². The van der Waals surface area contributed by atoms with E-state index in [0.717, 1.165) is 25.7 Å². The maximum Gasteiger partial charge on any atom is 0.303 e. The molecule has 0 radical (unpaired) electrons. The molecule has 4 bridgehead atoms. The maximum atomic E-state index is 12.6. The highest BCUT2D eigenvalue weighted by atomic mass is 16.5. The summed E-state index contributed by atoms with van der Waals surface area (Å²) in [5, 5.41) is 9.07. The fourth-order valence-electron chi connectivity index (χ4n) is 6.38. The molecule has 120 valence electrons. The molecule has 3 aliphatic carbocycles. The summed E-state index contributed by atoms with van der Waals surface area (Å²) in [6.45, 7) is 4.18. The molecule has 0 amide bonds. The molecule has 1 spiro atoms. The zero-order chi connectivity index (χ0) is 15.8. The van der Waals surface area contributed by atoms with E-state index in [-0.39, 0.29) is 35.2 Å². The Labute approximate surface area is 130 Å². The van der Waals surface area contributed by atoms with Gasteiger partial charge < -0.3 is 9.84 Å². The van der Waals surface area contributed by atoms with E-state index >= 15 is 0 Å². The van der Waals surface area contributed by atoms with Crippen LogP contribution in [0.5, 0.6) is 0 Å². The zero-order valence-corrected chi connectivity index (χ0v) is 13.3. The Bertz CT molecular complexity index is 582. The summed E-state index contributed by atoms with van der Waals surface area (Å²) in [5.41, 5.74) is -0.609. The first-order valence-corrected chi connectivity index (χ1v) is 8.40. The summed E-state index contributed by atoms with van der Waals surface area (Å²) in [6, 6.07) is 0. The van der Waals surface area contributed by atoms with Crippen LogP contribution < -0.4 is 0 Å². The number of ether oxygens (including phenoxy) is 1. The molecule has 1 N–H and O–H groups in total. The number of allylic oxidation sites excluding steroid dienone is 2. The zero-order valence-electron chi connectivity index (χ0n) is 13.3. The number of hydrogen-bond acceptors (Lipinski definition) is 3. The van der Waals surface area contributed by atoms with Crippen LogP contribution >= 0.6 is 0 Å². The highest BCUT2D eigenvalue weighted by Gasteiger charge is 2.67. The van der Waals surface area contributed by atoms with Crippen molar-refractivity contribution in [2.45, 2.75) is 64.1 Å². The minimum Gasteiger partial charge on any atom is -0.481 e. The van der Waals surface area contributed by atoms with E-state index in [1.807, 2.05) is 6.92 Å². The molecule has 4 heteroatoms.